The van der Waals surface area contributed by atoms with Gasteiger partial charge in [-0.1, -0.05) is 0 Å². The SMILES string of the molecule is CN(CCCNC1CC1)S(=O)(=O)Nc1cc(F)cc(F)c1. The van der Waals surface area contributed by atoms with Crippen LogP contribution in [0.15, 0.2) is 18.2 Å². The molecule has 0 amide bonds. The Labute approximate surface area is 123 Å². The largest absolute Gasteiger partial charge is 0.314 e. The lowest BCUT2D eigenvalue weighted by Crippen LogP contribution is -2.34. The van der Waals surface area contributed by atoms with Crippen molar-refractivity contribution >= 4 is 15.9 Å². The van der Waals surface area contributed by atoms with E-state index in [1.165, 1.54) is 19.9 Å². The topological polar surface area (TPSA) is 61.4 Å². The van der Waals surface area contributed by atoms with Gasteiger partial charge in [-0.15, -0.1) is 0 Å². The van der Waals surface area contributed by atoms with Gasteiger partial charge >= 0.3 is 10.2 Å². The van der Waals surface area contributed by atoms with E-state index in [0.717, 1.165) is 23.0 Å². The minimum Gasteiger partial charge on any atom is -0.314 e. The summed E-state index contributed by atoms with van der Waals surface area (Å²) in [7, 11) is -2.38. The van der Waals surface area contributed by atoms with Crippen LogP contribution in [0.1, 0.15) is 19.3 Å². The van der Waals surface area contributed by atoms with Crippen LogP contribution in [0.2, 0.25) is 0 Å². The first kappa shape index (κ1) is 16.1. The van der Waals surface area contributed by atoms with Crippen molar-refractivity contribution in [1.29, 1.82) is 0 Å². The minimum absolute atomic E-state index is 0.129. The monoisotopic (exact) mass is 319 g/mol. The first-order valence-corrected chi connectivity index (χ1v) is 8.24. The van der Waals surface area contributed by atoms with Gasteiger partial charge in [0, 0.05) is 25.7 Å². The smallest absolute Gasteiger partial charge is 0.301 e. The van der Waals surface area contributed by atoms with Crippen molar-refractivity contribution in [1.82, 2.24) is 9.62 Å². The molecule has 1 aliphatic rings. The lowest BCUT2D eigenvalue weighted by Gasteiger charge is -2.18. The molecule has 21 heavy (non-hydrogen) atoms. The second-order valence-corrected chi connectivity index (χ2v) is 6.95. The Hall–Kier alpha value is -1.25. The highest BCUT2D eigenvalue weighted by atomic mass is 32.2. The fourth-order valence-corrected chi connectivity index (χ4v) is 2.80. The highest BCUT2D eigenvalue weighted by molar-refractivity contribution is 7.90. The summed E-state index contributed by atoms with van der Waals surface area (Å²) in [4.78, 5) is 0. The summed E-state index contributed by atoms with van der Waals surface area (Å²) in [6.45, 7) is 1.08. The van der Waals surface area contributed by atoms with E-state index in [9.17, 15) is 17.2 Å². The Bertz CT molecular complexity index is 571. The van der Waals surface area contributed by atoms with E-state index in [0.29, 0.717) is 25.1 Å². The Morgan fingerprint density at radius 1 is 1.24 bits per heavy atom. The summed E-state index contributed by atoms with van der Waals surface area (Å²) in [5.74, 6) is -1.66. The number of benzene rings is 1. The number of anilines is 1. The first-order valence-electron chi connectivity index (χ1n) is 6.80. The number of halogens is 2. The molecule has 0 heterocycles. The molecule has 1 aromatic rings. The van der Waals surface area contributed by atoms with Crippen molar-refractivity contribution < 1.29 is 17.2 Å². The lowest BCUT2D eigenvalue weighted by molar-refractivity contribution is 0.457. The third kappa shape index (κ3) is 5.22. The zero-order chi connectivity index (χ0) is 15.5. The zero-order valence-corrected chi connectivity index (χ0v) is 12.6. The highest BCUT2D eigenvalue weighted by Gasteiger charge is 2.21. The van der Waals surface area contributed by atoms with Crippen LogP contribution in [0.3, 0.4) is 0 Å². The molecule has 0 unspecified atom stereocenters. The summed E-state index contributed by atoms with van der Waals surface area (Å²) in [6, 6.07) is 3.14. The van der Waals surface area contributed by atoms with Gasteiger partial charge in [0.15, 0.2) is 0 Å². The van der Waals surface area contributed by atoms with Crippen LogP contribution in [0, 0.1) is 11.6 Å². The van der Waals surface area contributed by atoms with Gasteiger partial charge in [0.25, 0.3) is 0 Å². The van der Waals surface area contributed by atoms with E-state index < -0.39 is 21.8 Å². The normalized spacial score (nSPS) is 15.4. The van der Waals surface area contributed by atoms with Gasteiger partial charge in [-0.25, -0.2) is 8.78 Å². The average molecular weight is 319 g/mol. The molecule has 0 radical (unpaired) electrons. The van der Waals surface area contributed by atoms with E-state index in [-0.39, 0.29) is 5.69 Å². The Kier molecular flexibility index (Phi) is 5.13. The van der Waals surface area contributed by atoms with E-state index in [1.807, 2.05) is 0 Å². The quantitative estimate of drug-likeness (QED) is 0.717. The molecular formula is C13H19F2N3O2S. The molecule has 1 fully saturated rings. The average Bonchev–Trinajstić information content (AvgIpc) is 3.16. The summed E-state index contributed by atoms with van der Waals surface area (Å²) < 4.78 is 53.4. The van der Waals surface area contributed by atoms with Crippen LogP contribution in [0.25, 0.3) is 0 Å². The van der Waals surface area contributed by atoms with Gasteiger partial charge in [0.05, 0.1) is 5.69 Å². The Morgan fingerprint density at radius 3 is 2.43 bits per heavy atom. The van der Waals surface area contributed by atoms with E-state index >= 15 is 0 Å². The van der Waals surface area contributed by atoms with E-state index in [4.69, 9.17) is 0 Å². The van der Waals surface area contributed by atoms with Crippen molar-refractivity contribution in [3.05, 3.63) is 29.8 Å². The molecule has 0 saturated heterocycles. The predicted octanol–water partition coefficient (Wildman–Crippen LogP) is 1.70. The van der Waals surface area contributed by atoms with Gasteiger partial charge in [0.1, 0.15) is 11.6 Å². The lowest BCUT2D eigenvalue weighted by atomic mass is 10.3. The molecule has 1 aromatic carbocycles. The van der Waals surface area contributed by atoms with Crippen molar-refractivity contribution in [3.8, 4) is 0 Å². The van der Waals surface area contributed by atoms with Crippen molar-refractivity contribution in [2.75, 3.05) is 24.9 Å². The third-order valence-corrected chi connectivity index (χ3v) is 4.68. The van der Waals surface area contributed by atoms with E-state index in [1.54, 1.807) is 0 Å². The maximum atomic E-state index is 13.0. The molecule has 0 bridgehead atoms. The molecule has 0 aliphatic heterocycles. The molecule has 0 spiro atoms. The molecule has 118 valence electrons. The molecule has 8 heteroatoms. The first-order chi connectivity index (χ1) is 9.87. The second-order valence-electron chi connectivity index (χ2n) is 5.17. The van der Waals surface area contributed by atoms with Crippen molar-refractivity contribution in [2.45, 2.75) is 25.3 Å². The standard InChI is InChI=1S/C13H19F2N3O2S/c1-18(6-2-5-16-12-3-4-12)21(19,20)17-13-8-10(14)7-11(15)9-13/h7-9,12,16-17H,2-6H2,1H3. The van der Waals surface area contributed by atoms with Gasteiger partial charge < -0.3 is 5.32 Å². The molecule has 2 N–H and O–H groups in total. The van der Waals surface area contributed by atoms with Crippen LogP contribution >= 0.6 is 0 Å². The number of hydrogen-bond donors (Lipinski definition) is 2. The fraction of sp³-hybridized carbons (Fsp3) is 0.538. The summed E-state index contributed by atoms with van der Waals surface area (Å²) in [5.41, 5.74) is -0.129. The fourth-order valence-electron chi connectivity index (χ4n) is 1.86. The molecule has 0 aromatic heterocycles. The maximum absolute atomic E-state index is 13.0. The van der Waals surface area contributed by atoms with E-state index in [2.05, 4.69) is 10.0 Å². The van der Waals surface area contributed by atoms with Gasteiger partial charge in [0.2, 0.25) is 0 Å². The summed E-state index contributed by atoms with van der Waals surface area (Å²) in [5, 5.41) is 3.29. The number of nitrogens with one attached hydrogen (secondary N) is 2. The summed E-state index contributed by atoms with van der Waals surface area (Å²) >= 11 is 0. The maximum Gasteiger partial charge on any atom is 0.301 e. The number of rotatable bonds is 8. The van der Waals surface area contributed by atoms with Gasteiger partial charge in [-0.2, -0.15) is 12.7 Å². The zero-order valence-electron chi connectivity index (χ0n) is 11.8. The van der Waals surface area contributed by atoms with Crippen LogP contribution in [-0.2, 0) is 10.2 Å². The predicted molar refractivity (Wildman–Crippen MR) is 77.2 cm³/mol. The Balaban J connectivity index is 1.86. The third-order valence-electron chi connectivity index (χ3n) is 3.18. The molecule has 0 atom stereocenters. The van der Waals surface area contributed by atoms with Crippen molar-refractivity contribution in [3.63, 3.8) is 0 Å². The van der Waals surface area contributed by atoms with Crippen molar-refractivity contribution in [2.24, 2.45) is 0 Å². The van der Waals surface area contributed by atoms with Crippen LogP contribution in [0.5, 0.6) is 0 Å². The molecular weight excluding hydrogens is 300 g/mol. The number of nitrogens with zero attached hydrogens (tertiary/aromatic N) is 1. The van der Waals surface area contributed by atoms with Gasteiger partial charge in [-0.05, 0) is 37.9 Å². The molecule has 5 nitrogen and oxygen atoms in total. The molecule has 1 saturated carbocycles. The second kappa shape index (κ2) is 6.67. The van der Waals surface area contributed by atoms with Crippen LogP contribution in [-0.4, -0.2) is 38.9 Å². The number of hydrogen-bond acceptors (Lipinski definition) is 3. The van der Waals surface area contributed by atoms with Crippen LogP contribution in [0.4, 0.5) is 14.5 Å². The highest BCUT2D eigenvalue weighted by Crippen LogP contribution is 2.18. The summed E-state index contributed by atoms with van der Waals surface area (Å²) in [6.07, 6.45) is 3.03. The van der Waals surface area contributed by atoms with Crippen LogP contribution < -0.4 is 10.0 Å². The van der Waals surface area contributed by atoms with Gasteiger partial charge in [-0.3, -0.25) is 4.72 Å². The Morgan fingerprint density at radius 2 is 1.86 bits per heavy atom. The minimum atomic E-state index is -3.81. The molecule has 1 aliphatic carbocycles. The molecule has 2 rings (SSSR count).